The normalized spacial score (nSPS) is 20.3. The van der Waals surface area contributed by atoms with E-state index in [0.717, 1.165) is 0 Å². The number of aromatic nitrogens is 1. The van der Waals surface area contributed by atoms with Crippen molar-refractivity contribution in [1.82, 2.24) is 9.88 Å². The molecule has 0 saturated carbocycles. The molecule has 0 fully saturated rings. The average molecular weight is 206 g/mol. The summed E-state index contributed by atoms with van der Waals surface area (Å²) in [6, 6.07) is 0.594. The number of unbranched alkanes of at least 4 members (excludes halogenated alkanes) is 1. The van der Waals surface area contributed by atoms with Gasteiger partial charge in [-0.1, -0.05) is 13.3 Å². The molecule has 0 amide bonds. The zero-order valence-corrected chi connectivity index (χ0v) is 9.92. The van der Waals surface area contributed by atoms with Crippen LogP contribution in [0.1, 0.15) is 49.8 Å². The zero-order chi connectivity index (χ0) is 10.7. The topological polar surface area (TPSA) is 17.0 Å². The molecule has 0 radical (unpaired) electrons. The Morgan fingerprint density at radius 1 is 1.47 bits per heavy atom. The van der Waals surface area contributed by atoms with Crippen LogP contribution in [-0.2, 0) is 13.0 Å². The predicted octanol–water partition coefficient (Wildman–Crippen LogP) is 2.89. The van der Waals surface area contributed by atoms with Crippen molar-refractivity contribution in [3.63, 3.8) is 0 Å². The Hall–Kier alpha value is -0.760. The van der Waals surface area contributed by atoms with E-state index in [9.17, 15) is 0 Å². The highest BCUT2D eigenvalue weighted by Gasteiger charge is 2.20. The van der Waals surface area contributed by atoms with Crippen LogP contribution in [-0.4, -0.2) is 11.6 Å². The highest BCUT2D eigenvalue weighted by Crippen LogP contribution is 2.30. The van der Waals surface area contributed by atoms with E-state index in [1.165, 1.54) is 38.6 Å². The fraction of sp³-hybridized carbons (Fsp3) is 0.692. The van der Waals surface area contributed by atoms with Crippen LogP contribution in [0.3, 0.4) is 0 Å². The van der Waals surface area contributed by atoms with Gasteiger partial charge in [0, 0.05) is 25.0 Å². The van der Waals surface area contributed by atoms with Gasteiger partial charge in [-0.2, -0.15) is 0 Å². The van der Waals surface area contributed by atoms with E-state index in [1.54, 1.807) is 11.1 Å². The minimum Gasteiger partial charge on any atom is -0.354 e. The lowest BCUT2D eigenvalue weighted by atomic mass is 9.91. The summed E-state index contributed by atoms with van der Waals surface area (Å²) in [6.07, 6.45) is 11.2. The van der Waals surface area contributed by atoms with Crippen molar-refractivity contribution in [2.75, 3.05) is 7.05 Å². The molecular formula is C13H22N2. The number of nitrogens with one attached hydrogen (secondary N) is 1. The molecule has 2 heteroatoms. The number of rotatable bonds is 4. The molecule has 1 aliphatic carbocycles. The lowest BCUT2D eigenvalue weighted by Crippen LogP contribution is -2.20. The Morgan fingerprint density at radius 2 is 2.33 bits per heavy atom. The van der Waals surface area contributed by atoms with E-state index in [0.29, 0.717) is 6.04 Å². The van der Waals surface area contributed by atoms with Crippen molar-refractivity contribution in [3.8, 4) is 0 Å². The van der Waals surface area contributed by atoms with E-state index in [4.69, 9.17) is 0 Å². The Kier molecular flexibility index (Phi) is 3.47. The number of hydrogen-bond acceptors (Lipinski definition) is 1. The van der Waals surface area contributed by atoms with Crippen molar-refractivity contribution < 1.29 is 0 Å². The standard InChI is InChI=1S/C13H22N2/c1-3-4-8-15-9-11-6-5-7-13(14-2)12(11)10-15/h9-10,13-14H,3-8H2,1-2H3. The SMILES string of the molecule is CCCCn1cc2c(c1)C(NC)CCC2. The fourth-order valence-electron chi connectivity index (χ4n) is 2.52. The summed E-state index contributed by atoms with van der Waals surface area (Å²) in [5.41, 5.74) is 3.11. The van der Waals surface area contributed by atoms with Gasteiger partial charge in [-0.25, -0.2) is 0 Å². The summed E-state index contributed by atoms with van der Waals surface area (Å²) >= 11 is 0. The molecule has 1 aliphatic rings. The molecule has 0 spiro atoms. The summed E-state index contributed by atoms with van der Waals surface area (Å²) in [5.74, 6) is 0. The second kappa shape index (κ2) is 4.84. The van der Waals surface area contributed by atoms with Crippen LogP contribution in [0.5, 0.6) is 0 Å². The van der Waals surface area contributed by atoms with Gasteiger partial charge in [0.2, 0.25) is 0 Å². The molecule has 1 aromatic heterocycles. The Labute approximate surface area is 92.7 Å². The van der Waals surface area contributed by atoms with E-state index in [2.05, 4.69) is 36.2 Å². The molecule has 0 aromatic carbocycles. The first-order valence-corrected chi connectivity index (χ1v) is 6.21. The molecule has 1 atom stereocenters. The molecule has 0 bridgehead atoms. The van der Waals surface area contributed by atoms with E-state index >= 15 is 0 Å². The fourth-order valence-corrected chi connectivity index (χ4v) is 2.52. The second-order valence-corrected chi connectivity index (χ2v) is 4.56. The first-order valence-electron chi connectivity index (χ1n) is 6.21. The van der Waals surface area contributed by atoms with Crippen LogP contribution in [0.2, 0.25) is 0 Å². The largest absolute Gasteiger partial charge is 0.354 e. The van der Waals surface area contributed by atoms with Gasteiger partial charge in [0.25, 0.3) is 0 Å². The summed E-state index contributed by atoms with van der Waals surface area (Å²) in [5, 5.41) is 3.42. The highest BCUT2D eigenvalue weighted by molar-refractivity contribution is 5.30. The molecule has 1 N–H and O–H groups in total. The van der Waals surface area contributed by atoms with Crippen molar-refractivity contribution in [1.29, 1.82) is 0 Å². The van der Waals surface area contributed by atoms with E-state index < -0.39 is 0 Å². The van der Waals surface area contributed by atoms with Crippen LogP contribution < -0.4 is 5.32 Å². The Morgan fingerprint density at radius 3 is 3.07 bits per heavy atom. The van der Waals surface area contributed by atoms with Gasteiger partial charge >= 0.3 is 0 Å². The monoisotopic (exact) mass is 206 g/mol. The summed E-state index contributed by atoms with van der Waals surface area (Å²) in [4.78, 5) is 0. The maximum atomic E-state index is 3.42. The molecule has 84 valence electrons. The van der Waals surface area contributed by atoms with E-state index in [-0.39, 0.29) is 0 Å². The summed E-state index contributed by atoms with van der Waals surface area (Å²) < 4.78 is 2.38. The van der Waals surface area contributed by atoms with Crippen molar-refractivity contribution in [2.45, 2.75) is 51.6 Å². The van der Waals surface area contributed by atoms with Gasteiger partial charge in [-0.3, -0.25) is 0 Å². The van der Waals surface area contributed by atoms with Crippen LogP contribution in [0.4, 0.5) is 0 Å². The maximum absolute atomic E-state index is 3.42. The van der Waals surface area contributed by atoms with Gasteiger partial charge in [0.05, 0.1) is 0 Å². The molecule has 1 unspecified atom stereocenters. The number of nitrogens with zero attached hydrogens (tertiary/aromatic N) is 1. The van der Waals surface area contributed by atoms with Crippen LogP contribution >= 0.6 is 0 Å². The minimum absolute atomic E-state index is 0.594. The smallest absolute Gasteiger partial charge is 0.0335 e. The number of hydrogen-bond donors (Lipinski definition) is 1. The van der Waals surface area contributed by atoms with Crippen LogP contribution in [0.25, 0.3) is 0 Å². The predicted molar refractivity (Wildman–Crippen MR) is 64.1 cm³/mol. The van der Waals surface area contributed by atoms with Crippen molar-refractivity contribution in [2.24, 2.45) is 0 Å². The quantitative estimate of drug-likeness (QED) is 0.801. The van der Waals surface area contributed by atoms with Gasteiger partial charge in [-0.15, -0.1) is 0 Å². The molecule has 0 saturated heterocycles. The zero-order valence-electron chi connectivity index (χ0n) is 9.92. The first kappa shape index (κ1) is 10.7. The van der Waals surface area contributed by atoms with E-state index in [1.807, 2.05) is 0 Å². The average Bonchev–Trinajstić information content (AvgIpc) is 2.68. The molecular weight excluding hydrogens is 184 g/mol. The molecule has 15 heavy (non-hydrogen) atoms. The molecule has 2 rings (SSSR count). The van der Waals surface area contributed by atoms with Crippen LogP contribution in [0, 0.1) is 0 Å². The first-order chi connectivity index (χ1) is 7.35. The maximum Gasteiger partial charge on any atom is 0.0335 e. The van der Waals surface area contributed by atoms with Gasteiger partial charge in [0.15, 0.2) is 0 Å². The Bertz CT molecular complexity index is 314. The lowest BCUT2D eigenvalue weighted by molar-refractivity contribution is 0.498. The minimum atomic E-state index is 0.594. The number of fused-ring (bicyclic) bond motifs is 1. The second-order valence-electron chi connectivity index (χ2n) is 4.56. The highest BCUT2D eigenvalue weighted by atomic mass is 15.0. The third-order valence-electron chi connectivity index (χ3n) is 3.43. The number of aryl methyl sites for hydroxylation is 2. The molecule has 2 nitrogen and oxygen atoms in total. The Balaban J connectivity index is 2.14. The summed E-state index contributed by atoms with van der Waals surface area (Å²) in [7, 11) is 2.07. The van der Waals surface area contributed by atoms with Gasteiger partial charge in [-0.05, 0) is 43.9 Å². The van der Waals surface area contributed by atoms with Gasteiger partial charge < -0.3 is 9.88 Å². The van der Waals surface area contributed by atoms with Crippen LogP contribution in [0.15, 0.2) is 12.4 Å². The molecule has 1 aromatic rings. The molecule has 0 aliphatic heterocycles. The summed E-state index contributed by atoms with van der Waals surface area (Å²) in [6.45, 7) is 3.43. The van der Waals surface area contributed by atoms with Crippen molar-refractivity contribution >= 4 is 0 Å². The third kappa shape index (κ3) is 2.25. The third-order valence-corrected chi connectivity index (χ3v) is 3.43. The van der Waals surface area contributed by atoms with Crippen molar-refractivity contribution in [3.05, 3.63) is 23.5 Å². The molecule has 1 heterocycles. The van der Waals surface area contributed by atoms with Gasteiger partial charge in [0.1, 0.15) is 0 Å². The lowest BCUT2D eigenvalue weighted by Gasteiger charge is -2.21.